The van der Waals surface area contributed by atoms with E-state index in [1.165, 1.54) is 27.9 Å². The summed E-state index contributed by atoms with van der Waals surface area (Å²) in [5.41, 5.74) is 6.75. The molecule has 0 unspecified atom stereocenters. The summed E-state index contributed by atoms with van der Waals surface area (Å²) in [6.45, 7) is 6.47. The highest BCUT2D eigenvalue weighted by molar-refractivity contribution is 5.78. The standard InChI is InChI=1S/C17H18N/c1-3-18(4-2)15-9-10-17-14(12-15)11-13-7-5-6-8-16(13)17/h5-10H,3-4,11H2,1-2H3. The van der Waals surface area contributed by atoms with Crippen LogP contribution in [0.15, 0.2) is 36.4 Å². The molecule has 0 N–H and O–H groups in total. The SMILES string of the molecule is CCN(CC)c1[c]c2c(cc1)-c1ccccc1C2. The second-order valence-electron chi connectivity index (χ2n) is 4.74. The number of hydrogen-bond acceptors (Lipinski definition) is 1. The molecule has 0 aromatic heterocycles. The highest BCUT2D eigenvalue weighted by atomic mass is 15.1. The first-order chi connectivity index (χ1) is 8.83. The van der Waals surface area contributed by atoms with Gasteiger partial charge in [-0.05, 0) is 48.6 Å². The normalized spacial score (nSPS) is 12.1. The molecule has 0 heterocycles. The molecule has 2 aromatic carbocycles. The van der Waals surface area contributed by atoms with Gasteiger partial charge in [0, 0.05) is 24.8 Å². The summed E-state index contributed by atoms with van der Waals surface area (Å²) in [7, 11) is 0. The second kappa shape index (κ2) is 4.49. The fourth-order valence-electron chi connectivity index (χ4n) is 2.79. The van der Waals surface area contributed by atoms with Crippen molar-refractivity contribution in [3.8, 4) is 11.1 Å². The van der Waals surface area contributed by atoms with E-state index in [2.05, 4.69) is 61.2 Å². The third-order valence-corrected chi connectivity index (χ3v) is 3.79. The van der Waals surface area contributed by atoms with E-state index >= 15 is 0 Å². The van der Waals surface area contributed by atoms with Crippen LogP contribution in [0.1, 0.15) is 25.0 Å². The molecule has 1 aliphatic carbocycles. The van der Waals surface area contributed by atoms with Gasteiger partial charge in [0.1, 0.15) is 0 Å². The van der Waals surface area contributed by atoms with E-state index in [1.54, 1.807) is 0 Å². The molecule has 91 valence electrons. The zero-order chi connectivity index (χ0) is 12.5. The van der Waals surface area contributed by atoms with Crippen LogP contribution >= 0.6 is 0 Å². The molecular weight excluding hydrogens is 218 g/mol. The van der Waals surface area contributed by atoms with Gasteiger partial charge in [-0.3, -0.25) is 0 Å². The van der Waals surface area contributed by atoms with Gasteiger partial charge in [-0.25, -0.2) is 0 Å². The fourth-order valence-corrected chi connectivity index (χ4v) is 2.79. The number of nitrogens with zero attached hydrogens (tertiary/aromatic N) is 1. The summed E-state index contributed by atoms with van der Waals surface area (Å²) in [5.74, 6) is 0. The molecule has 3 rings (SSSR count). The maximum Gasteiger partial charge on any atom is 0.0449 e. The van der Waals surface area contributed by atoms with E-state index in [9.17, 15) is 0 Å². The molecule has 1 aliphatic rings. The summed E-state index contributed by atoms with van der Waals surface area (Å²) >= 11 is 0. The lowest BCUT2D eigenvalue weighted by atomic mass is 10.1. The van der Waals surface area contributed by atoms with Gasteiger partial charge in [0.2, 0.25) is 0 Å². The van der Waals surface area contributed by atoms with Crippen molar-refractivity contribution >= 4 is 5.69 Å². The van der Waals surface area contributed by atoms with Gasteiger partial charge in [-0.15, -0.1) is 0 Å². The molecule has 2 aromatic rings. The Morgan fingerprint density at radius 1 is 1.00 bits per heavy atom. The zero-order valence-electron chi connectivity index (χ0n) is 11.0. The first-order valence-electron chi connectivity index (χ1n) is 6.72. The predicted molar refractivity (Wildman–Crippen MR) is 77.1 cm³/mol. The van der Waals surface area contributed by atoms with E-state index in [4.69, 9.17) is 0 Å². The monoisotopic (exact) mass is 236 g/mol. The van der Waals surface area contributed by atoms with Crippen LogP contribution in [0, 0.1) is 6.07 Å². The molecule has 0 bridgehead atoms. The maximum atomic E-state index is 3.60. The molecule has 0 saturated carbocycles. The zero-order valence-corrected chi connectivity index (χ0v) is 11.0. The van der Waals surface area contributed by atoms with Crippen molar-refractivity contribution < 1.29 is 0 Å². The minimum atomic E-state index is 1.03. The van der Waals surface area contributed by atoms with E-state index in [-0.39, 0.29) is 0 Å². The Morgan fingerprint density at radius 3 is 2.56 bits per heavy atom. The smallest absolute Gasteiger partial charge is 0.0449 e. The fraction of sp³-hybridized carbons (Fsp3) is 0.294. The highest BCUT2D eigenvalue weighted by Gasteiger charge is 2.18. The van der Waals surface area contributed by atoms with Crippen LogP contribution in [0.2, 0.25) is 0 Å². The molecule has 0 fully saturated rings. The number of rotatable bonds is 3. The highest BCUT2D eigenvalue weighted by Crippen LogP contribution is 2.37. The minimum absolute atomic E-state index is 1.03. The molecule has 1 radical (unpaired) electrons. The maximum absolute atomic E-state index is 3.60. The number of benzene rings is 2. The topological polar surface area (TPSA) is 3.24 Å². The van der Waals surface area contributed by atoms with Crippen molar-refractivity contribution in [3.05, 3.63) is 53.6 Å². The number of fused-ring (bicyclic) bond motifs is 3. The minimum Gasteiger partial charge on any atom is -0.372 e. The predicted octanol–water partition coefficient (Wildman–Crippen LogP) is 3.90. The number of anilines is 1. The molecule has 0 spiro atoms. The molecule has 1 heteroatoms. The van der Waals surface area contributed by atoms with Crippen LogP contribution in [0.5, 0.6) is 0 Å². The molecular formula is C17H18N. The first-order valence-corrected chi connectivity index (χ1v) is 6.72. The average Bonchev–Trinajstić information content (AvgIpc) is 2.78. The van der Waals surface area contributed by atoms with Crippen molar-refractivity contribution in [1.29, 1.82) is 0 Å². The lowest BCUT2D eigenvalue weighted by Gasteiger charge is -2.21. The van der Waals surface area contributed by atoms with Crippen LogP contribution in [0.3, 0.4) is 0 Å². The summed E-state index contributed by atoms with van der Waals surface area (Å²) in [6, 6.07) is 16.7. The lowest BCUT2D eigenvalue weighted by Crippen LogP contribution is -2.21. The van der Waals surface area contributed by atoms with Gasteiger partial charge in [0.15, 0.2) is 0 Å². The van der Waals surface area contributed by atoms with Crippen LogP contribution in [0.25, 0.3) is 11.1 Å². The quantitative estimate of drug-likeness (QED) is 0.666. The Bertz CT molecular complexity index is 568. The van der Waals surface area contributed by atoms with E-state index in [0.29, 0.717) is 0 Å². The van der Waals surface area contributed by atoms with E-state index < -0.39 is 0 Å². The average molecular weight is 236 g/mol. The van der Waals surface area contributed by atoms with Gasteiger partial charge in [-0.1, -0.05) is 30.3 Å². The summed E-state index contributed by atoms with van der Waals surface area (Å²) in [6.07, 6.45) is 1.03. The molecule has 0 amide bonds. The lowest BCUT2D eigenvalue weighted by molar-refractivity contribution is 0.864. The van der Waals surface area contributed by atoms with Crippen LogP contribution in [0.4, 0.5) is 5.69 Å². The summed E-state index contributed by atoms with van der Waals surface area (Å²) in [5, 5.41) is 0. The van der Waals surface area contributed by atoms with E-state index in [1.807, 2.05) is 0 Å². The Balaban J connectivity index is 2.03. The van der Waals surface area contributed by atoms with Gasteiger partial charge >= 0.3 is 0 Å². The van der Waals surface area contributed by atoms with E-state index in [0.717, 1.165) is 19.5 Å². The Kier molecular flexibility index (Phi) is 2.83. The van der Waals surface area contributed by atoms with Crippen LogP contribution in [-0.4, -0.2) is 13.1 Å². The van der Waals surface area contributed by atoms with Crippen molar-refractivity contribution in [3.63, 3.8) is 0 Å². The van der Waals surface area contributed by atoms with Crippen molar-refractivity contribution in [1.82, 2.24) is 0 Å². The number of hydrogen-bond donors (Lipinski definition) is 0. The van der Waals surface area contributed by atoms with Crippen molar-refractivity contribution in [2.24, 2.45) is 0 Å². The molecule has 1 nitrogen and oxygen atoms in total. The molecule has 0 aliphatic heterocycles. The van der Waals surface area contributed by atoms with Crippen molar-refractivity contribution in [2.75, 3.05) is 18.0 Å². The van der Waals surface area contributed by atoms with Crippen LogP contribution < -0.4 is 4.90 Å². The molecule has 0 atom stereocenters. The Morgan fingerprint density at radius 2 is 1.78 bits per heavy atom. The second-order valence-corrected chi connectivity index (χ2v) is 4.74. The third-order valence-electron chi connectivity index (χ3n) is 3.79. The first kappa shape index (κ1) is 11.3. The largest absolute Gasteiger partial charge is 0.372 e. The van der Waals surface area contributed by atoms with Gasteiger partial charge in [-0.2, -0.15) is 0 Å². The van der Waals surface area contributed by atoms with Crippen LogP contribution in [-0.2, 0) is 6.42 Å². The third kappa shape index (κ3) is 1.71. The molecule has 0 saturated heterocycles. The van der Waals surface area contributed by atoms with Crippen molar-refractivity contribution in [2.45, 2.75) is 20.3 Å². The Labute approximate surface area is 109 Å². The molecule has 18 heavy (non-hydrogen) atoms. The summed E-state index contributed by atoms with van der Waals surface area (Å²) < 4.78 is 0. The van der Waals surface area contributed by atoms with Gasteiger partial charge in [0.05, 0.1) is 0 Å². The summed E-state index contributed by atoms with van der Waals surface area (Å²) in [4.78, 5) is 2.35. The van der Waals surface area contributed by atoms with Gasteiger partial charge < -0.3 is 4.90 Å². The van der Waals surface area contributed by atoms with Gasteiger partial charge in [0.25, 0.3) is 0 Å². The Hall–Kier alpha value is -1.76.